The minimum atomic E-state index is 0.138. The quantitative estimate of drug-likeness (QED) is 0.795. The Hall–Kier alpha value is -1.40. The molecule has 2 heterocycles. The standard InChI is InChI=1S/C13H12BrClN4O/c14-5-9-3-13(20)18(6-9)10-1-2-12(11(15)4-10)19-8-16-7-17-19/h1-2,4,7-9H,3,5-6H2. The first-order valence-electron chi connectivity index (χ1n) is 6.20. The van der Waals surface area contributed by atoms with E-state index in [0.717, 1.165) is 23.2 Å². The number of amides is 1. The third-order valence-corrected chi connectivity index (χ3v) is 4.55. The van der Waals surface area contributed by atoms with E-state index >= 15 is 0 Å². The van der Waals surface area contributed by atoms with Crippen LogP contribution in [-0.2, 0) is 4.79 Å². The maximum Gasteiger partial charge on any atom is 0.227 e. The first-order valence-corrected chi connectivity index (χ1v) is 7.70. The monoisotopic (exact) mass is 354 g/mol. The van der Waals surface area contributed by atoms with Crippen LogP contribution in [0.5, 0.6) is 0 Å². The molecule has 0 saturated carbocycles. The zero-order chi connectivity index (χ0) is 14.1. The number of nitrogens with zero attached hydrogens (tertiary/aromatic N) is 4. The number of carbonyl (C=O) groups is 1. The Morgan fingerprint density at radius 1 is 1.45 bits per heavy atom. The summed E-state index contributed by atoms with van der Waals surface area (Å²) >= 11 is 9.71. The van der Waals surface area contributed by atoms with Crippen LogP contribution in [0.1, 0.15) is 6.42 Å². The molecular weight excluding hydrogens is 344 g/mol. The van der Waals surface area contributed by atoms with Crippen LogP contribution in [0.3, 0.4) is 0 Å². The first-order chi connectivity index (χ1) is 9.69. The van der Waals surface area contributed by atoms with E-state index in [2.05, 4.69) is 26.0 Å². The number of aromatic nitrogens is 3. The number of rotatable bonds is 3. The van der Waals surface area contributed by atoms with Crippen LogP contribution in [-0.4, -0.2) is 32.5 Å². The number of benzene rings is 1. The van der Waals surface area contributed by atoms with Crippen LogP contribution < -0.4 is 4.90 Å². The second kappa shape index (κ2) is 5.54. The predicted molar refractivity (Wildman–Crippen MR) is 80.6 cm³/mol. The largest absolute Gasteiger partial charge is 0.312 e. The fraction of sp³-hybridized carbons (Fsp3) is 0.308. The number of hydrogen-bond donors (Lipinski definition) is 0. The average Bonchev–Trinajstić information content (AvgIpc) is 3.07. The normalized spacial score (nSPS) is 18.8. The topological polar surface area (TPSA) is 51.0 Å². The van der Waals surface area contributed by atoms with Gasteiger partial charge in [-0.15, -0.1) is 0 Å². The van der Waals surface area contributed by atoms with Gasteiger partial charge in [-0.05, 0) is 24.1 Å². The van der Waals surface area contributed by atoms with Crippen LogP contribution in [0.25, 0.3) is 5.69 Å². The first kappa shape index (κ1) is 13.6. The molecule has 1 unspecified atom stereocenters. The minimum absolute atomic E-state index is 0.138. The summed E-state index contributed by atoms with van der Waals surface area (Å²) in [5, 5.41) is 5.43. The van der Waals surface area contributed by atoms with Gasteiger partial charge in [-0.3, -0.25) is 4.79 Å². The van der Waals surface area contributed by atoms with Gasteiger partial charge >= 0.3 is 0 Å². The molecule has 0 N–H and O–H groups in total. The molecule has 1 atom stereocenters. The summed E-state index contributed by atoms with van der Waals surface area (Å²) in [4.78, 5) is 17.7. The maximum absolute atomic E-state index is 12.0. The molecule has 1 aliphatic rings. The van der Waals surface area contributed by atoms with E-state index in [1.807, 2.05) is 12.1 Å². The van der Waals surface area contributed by atoms with Crippen molar-refractivity contribution in [1.29, 1.82) is 0 Å². The molecule has 1 amide bonds. The molecule has 20 heavy (non-hydrogen) atoms. The van der Waals surface area contributed by atoms with Crippen LogP contribution in [0.15, 0.2) is 30.9 Å². The Morgan fingerprint density at radius 3 is 2.90 bits per heavy atom. The van der Waals surface area contributed by atoms with Crippen molar-refractivity contribution in [2.45, 2.75) is 6.42 Å². The van der Waals surface area contributed by atoms with Gasteiger partial charge in [0, 0.05) is 24.0 Å². The van der Waals surface area contributed by atoms with E-state index in [9.17, 15) is 4.79 Å². The third kappa shape index (κ3) is 2.45. The van der Waals surface area contributed by atoms with Crippen molar-refractivity contribution in [1.82, 2.24) is 14.8 Å². The van der Waals surface area contributed by atoms with Gasteiger partial charge in [0.05, 0.1) is 10.7 Å². The number of alkyl halides is 1. The second-order valence-corrected chi connectivity index (χ2v) is 5.76. The Balaban J connectivity index is 1.89. The van der Waals surface area contributed by atoms with Gasteiger partial charge in [-0.1, -0.05) is 27.5 Å². The molecule has 0 bridgehead atoms. The van der Waals surface area contributed by atoms with Gasteiger partial charge < -0.3 is 4.90 Å². The Kier molecular flexibility index (Phi) is 3.76. The van der Waals surface area contributed by atoms with Crippen LogP contribution in [0.2, 0.25) is 5.02 Å². The summed E-state index contributed by atoms with van der Waals surface area (Å²) in [6.45, 7) is 0.725. The smallest absolute Gasteiger partial charge is 0.227 e. The molecule has 7 heteroatoms. The maximum atomic E-state index is 12.0. The predicted octanol–water partition coefficient (Wildman–Crippen LogP) is 2.67. The fourth-order valence-electron chi connectivity index (χ4n) is 2.32. The van der Waals surface area contributed by atoms with Gasteiger partial charge in [0.2, 0.25) is 5.91 Å². The third-order valence-electron chi connectivity index (χ3n) is 3.33. The van der Waals surface area contributed by atoms with Crippen molar-refractivity contribution < 1.29 is 4.79 Å². The summed E-state index contributed by atoms with van der Waals surface area (Å²) in [7, 11) is 0. The zero-order valence-electron chi connectivity index (χ0n) is 10.5. The van der Waals surface area contributed by atoms with Crippen LogP contribution >= 0.6 is 27.5 Å². The van der Waals surface area contributed by atoms with Crippen molar-refractivity contribution in [3.63, 3.8) is 0 Å². The van der Waals surface area contributed by atoms with Crippen molar-refractivity contribution in [2.75, 3.05) is 16.8 Å². The molecule has 0 aliphatic carbocycles. The molecule has 0 radical (unpaired) electrons. The van der Waals surface area contributed by atoms with Crippen LogP contribution in [0, 0.1) is 5.92 Å². The molecule has 1 saturated heterocycles. The molecule has 2 aromatic rings. The molecule has 104 valence electrons. The lowest BCUT2D eigenvalue weighted by Crippen LogP contribution is -2.24. The summed E-state index contributed by atoms with van der Waals surface area (Å²) in [6, 6.07) is 5.53. The van der Waals surface area contributed by atoms with Gasteiger partial charge in [0.15, 0.2) is 0 Å². The number of carbonyl (C=O) groups excluding carboxylic acids is 1. The molecule has 1 aromatic carbocycles. The molecule has 1 fully saturated rings. The number of hydrogen-bond acceptors (Lipinski definition) is 3. The highest BCUT2D eigenvalue weighted by Crippen LogP contribution is 2.30. The highest BCUT2D eigenvalue weighted by molar-refractivity contribution is 9.09. The summed E-state index contributed by atoms with van der Waals surface area (Å²) in [5.74, 6) is 0.496. The van der Waals surface area contributed by atoms with E-state index in [1.54, 1.807) is 22.0 Å². The van der Waals surface area contributed by atoms with E-state index in [1.165, 1.54) is 6.33 Å². The summed E-state index contributed by atoms with van der Waals surface area (Å²) < 4.78 is 1.60. The summed E-state index contributed by atoms with van der Waals surface area (Å²) in [6.07, 6.45) is 3.62. The Morgan fingerprint density at radius 2 is 2.30 bits per heavy atom. The fourth-order valence-corrected chi connectivity index (χ4v) is 3.01. The average molecular weight is 356 g/mol. The molecule has 0 spiro atoms. The van der Waals surface area contributed by atoms with Crippen molar-refractivity contribution in [3.8, 4) is 5.69 Å². The Bertz CT molecular complexity index is 631. The van der Waals surface area contributed by atoms with Crippen molar-refractivity contribution in [2.24, 2.45) is 5.92 Å². The lowest BCUT2D eigenvalue weighted by atomic mass is 10.2. The summed E-state index contributed by atoms with van der Waals surface area (Å²) in [5.41, 5.74) is 1.57. The molecule has 1 aromatic heterocycles. The van der Waals surface area contributed by atoms with E-state index in [0.29, 0.717) is 17.4 Å². The highest BCUT2D eigenvalue weighted by atomic mass is 79.9. The highest BCUT2D eigenvalue weighted by Gasteiger charge is 2.30. The van der Waals surface area contributed by atoms with Gasteiger partial charge in [0.25, 0.3) is 0 Å². The van der Waals surface area contributed by atoms with Crippen molar-refractivity contribution >= 4 is 39.1 Å². The molecular formula is C13H12BrClN4O. The zero-order valence-corrected chi connectivity index (χ0v) is 12.9. The molecule has 5 nitrogen and oxygen atoms in total. The Labute approximate surface area is 129 Å². The lowest BCUT2D eigenvalue weighted by Gasteiger charge is -2.17. The second-order valence-electron chi connectivity index (χ2n) is 4.70. The number of halogens is 2. The number of anilines is 1. The lowest BCUT2D eigenvalue weighted by molar-refractivity contribution is -0.117. The molecule has 3 rings (SSSR count). The van der Waals surface area contributed by atoms with Gasteiger partial charge in [0.1, 0.15) is 12.7 Å². The van der Waals surface area contributed by atoms with Gasteiger partial charge in [-0.2, -0.15) is 5.10 Å². The van der Waals surface area contributed by atoms with Crippen molar-refractivity contribution in [3.05, 3.63) is 35.9 Å². The minimum Gasteiger partial charge on any atom is -0.312 e. The van der Waals surface area contributed by atoms with E-state index < -0.39 is 0 Å². The SMILES string of the molecule is O=C1CC(CBr)CN1c1ccc(-n2cncn2)c(Cl)c1. The van der Waals surface area contributed by atoms with E-state index in [-0.39, 0.29) is 5.91 Å². The van der Waals surface area contributed by atoms with Gasteiger partial charge in [-0.25, -0.2) is 9.67 Å². The van der Waals surface area contributed by atoms with E-state index in [4.69, 9.17) is 11.6 Å². The molecule has 1 aliphatic heterocycles. The van der Waals surface area contributed by atoms with Crippen LogP contribution in [0.4, 0.5) is 5.69 Å².